The van der Waals surface area contributed by atoms with Crippen LogP contribution >= 0.6 is 0 Å². The fourth-order valence-corrected chi connectivity index (χ4v) is 3.38. The van der Waals surface area contributed by atoms with Crippen molar-refractivity contribution in [2.45, 2.75) is 13.0 Å². The van der Waals surface area contributed by atoms with Crippen molar-refractivity contribution in [3.8, 4) is 5.75 Å². The number of aromatic nitrogens is 2. The Hall–Kier alpha value is -3.35. The van der Waals surface area contributed by atoms with Crippen LogP contribution in [0.25, 0.3) is 11.0 Å². The van der Waals surface area contributed by atoms with E-state index in [-0.39, 0.29) is 12.4 Å². The molecule has 1 aliphatic rings. The molecule has 0 fully saturated rings. The first-order valence-electron chi connectivity index (χ1n) is 8.33. The minimum Gasteiger partial charge on any atom is -0.508 e. The smallest absolute Gasteiger partial charge is 0.321 e. The van der Waals surface area contributed by atoms with Gasteiger partial charge in [0.25, 0.3) is 0 Å². The van der Waals surface area contributed by atoms with Gasteiger partial charge in [-0.1, -0.05) is 24.3 Å². The van der Waals surface area contributed by atoms with Crippen molar-refractivity contribution in [1.82, 2.24) is 9.55 Å². The minimum absolute atomic E-state index is 0.109. The molecule has 7 nitrogen and oxygen atoms in total. The molecular formula is C19H17N3O4. The highest BCUT2D eigenvalue weighted by molar-refractivity contribution is 6.07. The van der Waals surface area contributed by atoms with Gasteiger partial charge in [-0.15, -0.1) is 0 Å². The largest absolute Gasteiger partial charge is 0.508 e. The molecule has 2 heterocycles. The van der Waals surface area contributed by atoms with Crippen LogP contribution in [-0.4, -0.2) is 33.1 Å². The number of imidazole rings is 1. The number of phenolic OH excluding ortho intramolecular Hbond substituents is 1. The van der Waals surface area contributed by atoms with E-state index in [4.69, 9.17) is 4.74 Å². The van der Waals surface area contributed by atoms with Crippen molar-refractivity contribution in [1.29, 1.82) is 0 Å². The van der Waals surface area contributed by atoms with Gasteiger partial charge in [-0.3, -0.25) is 14.9 Å². The molecule has 0 saturated carbocycles. The highest BCUT2D eigenvalue weighted by Gasteiger charge is 2.44. The molecule has 0 spiro atoms. The van der Waals surface area contributed by atoms with Crippen molar-refractivity contribution in [2.75, 3.05) is 11.9 Å². The number of nitrogens with zero attached hydrogens (tertiary/aromatic N) is 2. The van der Waals surface area contributed by atoms with Crippen LogP contribution in [0.5, 0.6) is 5.75 Å². The van der Waals surface area contributed by atoms with E-state index >= 15 is 0 Å². The summed E-state index contributed by atoms with van der Waals surface area (Å²) in [5, 5.41) is 12.3. The highest BCUT2D eigenvalue weighted by Crippen LogP contribution is 2.38. The van der Waals surface area contributed by atoms with Gasteiger partial charge < -0.3 is 14.4 Å². The number of aromatic hydroxyl groups is 1. The number of hydrogen-bond donors (Lipinski definition) is 2. The lowest BCUT2D eigenvalue weighted by Gasteiger charge is -2.32. The van der Waals surface area contributed by atoms with E-state index in [1.165, 1.54) is 12.1 Å². The van der Waals surface area contributed by atoms with Crippen LogP contribution in [0, 0.1) is 5.92 Å². The Balaban J connectivity index is 1.95. The second-order valence-corrected chi connectivity index (χ2v) is 6.05. The summed E-state index contributed by atoms with van der Waals surface area (Å²) in [7, 11) is 0. The molecule has 4 rings (SSSR count). The van der Waals surface area contributed by atoms with Gasteiger partial charge in [0.05, 0.1) is 23.7 Å². The maximum absolute atomic E-state index is 12.7. The zero-order chi connectivity index (χ0) is 18.3. The van der Waals surface area contributed by atoms with Crippen molar-refractivity contribution >= 4 is 28.9 Å². The number of phenols is 1. The Bertz CT molecular complexity index is 994. The first-order chi connectivity index (χ1) is 12.6. The normalized spacial score (nSPS) is 19.0. The molecule has 2 atom stereocenters. The van der Waals surface area contributed by atoms with E-state index < -0.39 is 23.8 Å². The van der Waals surface area contributed by atoms with Crippen molar-refractivity contribution < 1.29 is 19.4 Å². The number of benzene rings is 2. The van der Waals surface area contributed by atoms with E-state index in [9.17, 15) is 14.7 Å². The summed E-state index contributed by atoms with van der Waals surface area (Å²) < 4.78 is 6.99. The summed E-state index contributed by atoms with van der Waals surface area (Å²) in [6.45, 7) is 1.88. The zero-order valence-electron chi connectivity index (χ0n) is 14.0. The van der Waals surface area contributed by atoms with E-state index in [0.29, 0.717) is 11.5 Å². The first-order valence-corrected chi connectivity index (χ1v) is 8.33. The average Bonchev–Trinajstić information content (AvgIpc) is 2.99. The van der Waals surface area contributed by atoms with Crippen LogP contribution < -0.4 is 5.32 Å². The van der Waals surface area contributed by atoms with Crippen LogP contribution in [0.15, 0.2) is 48.5 Å². The Kier molecular flexibility index (Phi) is 3.84. The molecular weight excluding hydrogens is 334 g/mol. The first kappa shape index (κ1) is 16.1. The van der Waals surface area contributed by atoms with Gasteiger partial charge in [0.1, 0.15) is 5.75 Å². The van der Waals surface area contributed by atoms with Gasteiger partial charge in [0, 0.05) is 0 Å². The number of nitrogens with one attached hydrogen (secondary N) is 1. The summed E-state index contributed by atoms with van der Waals surface area (Å²) >= 11 is 0. The number of carbonyl (C=O) groups excluding carboxylic acids is 2. The summed E-state index contributed by atoms with van der Waals surface area (Å²) in [5.74, 6) is -1.60. The van der Waals surface area contributed by atoms with E-state index in [1.54, 1.807) is 19.1 Å². The lowest BCUT2D eigenvalue weighted by Crippen LogP contribution is -2.43. The zero-order valence-corrected chi connectivity index (χ0v) is 14.0. The molecule has 0 radical (unpaired) electrons. The topological polar surface area (TPSA) is 93.5 Å². The van der Waals surface area contributed by atoms with Gasteiger partial charge >= 0.3 is 5.97 Å². The standard InChI is InChI=1S/C19H17N3O4/c1-2-26-18(25)15-16(11-7-9-12(23)10-8-11)22-14-6-4-3-5-13(14)20-19(22)21-17(15)24/h3-10,15-16,23H,2H2,1H3,(H,20,21,24)/t15-,16-/m1/s1. The molecule has 0 bridgehead atoms. The summed E-state index contributed by atoms with van der Waals surface area (Å²) in [6, 6.07) is 13.3. The third kappa shape index (κ3) is 2.48. The molecule has 0 unspecified atom stereocenters. The van der Waals surface area contributed by atoms with Crippen LogP contribution in [0.3, 0.4) is 0 Å². The lowest BCUT2D eigenvalue weighted by atomic mass is 9.90. The molecule has 7 heteroatoms. The number of hydrogen-bond acceptors (Lipinski definition) is 5. The molecule has 2 aromatic carbocycles. The molecule has 1 aliphatic heterocycles. The van der Waals surface area contributed by atoms with E-state index in [1.807, 2.05) is 28.8 Å². The van der Waals surface area contributed by atoms with Gasteiger partial charge in [-0.2, -0.15) is 0 Å². The molecule has 1 amide bonds. The van der Waals surface area contributed by atoms with Gasteiger partial charge in [-0.25, -0.2) is 4.98 Å². The second-order valence-electron chi connectivity index (χ2n) is 6.05. The third-order valence-corrected chi connectivity index (χ3v) is 4.48. The lowest BCUT2D eigenvalue weighted by molar-refractivity contribution is -0.152. The number of carbonyl (C=O) groups is 2. The SMILES string of the molecule is CCOC(=O)[C@H]1C(=O)Nc2nc3ccccc3n2[C@@H]1c1ccc(O)cc1. The van der Waals surface area contributed by atoms with Crippen molar-refractivity contribution in [3.63, 3.8) is 0 Å². The summed E-state index contributed by atoms with van der Waals surface area (Å²) in [5.41, 5.74) is 2.23. The number of para-hydroxylation sites is 2. The summed E-state index contributed by atoms with van der Waals surface area (Å²) in [4.78, 5) is 29.7. The maximum Gasteiger partial charge on any atom is 0.321 e. The maximum atomic E-state index is 12.7. The predicted octanol–water partition coefficient (Wildman–Crippen LogP) is 2.46. The Morgan fingerprint density at radius 1 is 1.23 bits per heavy atom. The number of rotatable bonds is 3. The number of anilines is 1. The molecule has 2 N–H and O–H groups in total. The number of fused-ring (bicyclic) bond motifs is 3. The van der Waals surface area contributed by atoms with Crippen LogP contribution in [0.1, 0.15) is 18.5 Å². The van der Waals surface area contributed by atoms with Crippen molar-refractivity contribution in [3.05, 3.63) is 54.1 Å². The number of amides is 1. The fourth-order valence-electron chi connectivity index (χ4n) is 3.38. The van der Waals surface area contributed by atoms with Gasteiger partial charge in [0.2, 0.25) is 11.9 Å². The Labute approximate surface area is 149 Å². The quantitative estimate of drug-likeness (QED) is 0.558. The van der Waals surface area contributed by atoms with Crippen LogP contribution in [0.2, 0.25) is 0 Å². The molecule has 132 valence electrons. The second kappa shape index (κ2) is 6.18. The molecule has 0 aliphatic carbocycles. The molecule has 0 saturated heterocycles. The number of ether oxygens (including phenoxy) is 1. The molecule has 3 aromatic rings. The van der Waals surface area contributed by atoms with Crippen molar-refractivity contribution in [2.24, 2.45) is 5.92 Å². The van der Waals surface area contributed by atoms with Crippen LogP contribution in [0.4, 0.5) is 5.95 Å². The van der Waals surface area contributed by atoms with Gasteiger partial charge in [0.15, 0.2) is 5.92 Å². The average molecular weight is 351 g/mol. The summed E-state index contributed by atoms with van der Waals surface area (Å²) in [6.07, 6.45) is 0. The molecule has 26 heavy (non-hydrogen) atoms. The van der Waals surface area contributed by atoms with E-state index in [2.05, 4.69) is 10.3 Å². The highest BCUT2D eigenvalue weighted by atomic mass is 16.5. The Morgan fingerprint density at radius 2 is 1.96 bits per heavy atom. The third-order valence-electron chi connectivity index (χ3n) is 4.48. The fraction of sp³-hybridized carbons (Fsp3) is 0.211. The minimum atomic E-state index is -1.05. The van der Waals surface area contributed by atoms with E-state index in [0.717, 1.165) is 11.0 Å². The monoisotopic (exact) mass is 351 g/mol. The molecule has 1 aromatic heterocycles. The predicted molar refractivity (Wildman–Crippen MR) is 94.7 cm³/mol. The number of esters is 1. The van der Waals surface area contributed by atoms with Gasteiger partial charge in [-0.05, 0) is 36.8 Å². The Morgan fingerprint density at radius 3 is 2.69 bits per heavy atom. The van der Waals surface area contributed by atoms with Crippen LogP contribution in [-0.2, 0) is 14.3 Å².